The van der Waals surface area contributed by atoms with Crippen LogP contribution in [0.1, 0.15) is 15.9 Å². The molecular weight excluding hydrogens is 544 g/mol. The molecule has 0 aromatic heterocycles. The quantitative estimate of drug-likeness (QED) is 0.138. The summed E-state index contributed by atoms with van der Waals surface area (Å²) in [6.07, 6.45) is 1.19. The van der Waals surface area contributed by atoms with E-state index >= 15 is 0 Å². The summed E-state index contributed by atoms with van der Waals surface area (Å²) < 4.78 is 15.5. The number of nitrogens with one attached hydrogen (secondary N) is 1. The molecule has 0 aliphatic carbocycles. The number of carbonyl (C=O) groups excluding carboxylic acids is 4. The third kappa shape index (κ3) is 5.68. The Labute approximate surface area is 229 Å². The van der Waals surface area contributed by atoms with Crippen molar-refractivity contribution in [2.24, 2.45) is 0 Å². The van der Waals surface area contributed by atoms with Crippen molar-refractivity contribution in [1.82, 2.24) is 5.32 Å². The van der Waals surface area contributed by atoms with Gasteiger partial charge in [0.15, 0.2) is 11.5 Å². The number of rotatable bonds is 8. The van der Waals surface area contributed by atoms with Crippen LogP contribution < -0.4 is 19.7 Å². The van der Waals surface area contributed by atoms with E-state index in [4.69, 9.17) is 9.47 Å². The largest absolute Gasteiger partial charge is 0.493 e. The molecule has 0 bridgehead atoms. The average molecular weight is 562 g/mol. The van der Waals surface area contributed by atoms with Gasteiger partial charge in [0.05, 0.1) is 41.4 Å². The maximum atomic E-state index is 13.2. The maximum Gasteiger partial charge on any atom is 0.337 e. The molecule has 0 saturated carbocycles. The standard InChI is InChI=1S/C26H18N4O11/c1-39-22-12-14(3-9-21(22)41-20-10-8-17(29(35)36)13-19(20)30(37)38)11-18-23(31)27-26(34)28(24(18)32)16-6-4-15(5-7-16)25(33)40-2/h3-13H,1-2H3,(H,27,31,34)/b18-11+. The SMILES string of the molecule is COC(=O)c1ccc(N2C(=O)NC(=O)/C(=C\c3ccc(Oc4ccc([N+](=O)[O-])cc4[N+](=O)[O-])c(OC)c3)C2=O)cc1. The number of hydrogen-bond acceptors (Lipinski definition) is 11. The molecular formula is C26H18N4O11. The molecule has 15 nitrogen and oxygen atoms in total. The Morgan fingerprint density at radius 2 is 1.56 bits per heavy atom. The highest BCUT2D eigenvalue weighted by Crippen LogP contribution is 2.38. The first-order valence-electron chi connectivity index (χ1n) is 11.4. The van der Waals surface area contributed by atoms with Gasteiger partial charge in [0.2, 0.25) is 5.75 Å². The summed E-state index contributed by atoms with van der Waals surface area (Å²) in [6.45, 7) is 0. The van der Waals surface area contributed by atoms with Crippen LogP contribution in [-0.4, -0.2) is 47.9 Å². The molecule has 0 radical (unpaired) electrons. The molecule has 1 N–H and O–H groups in total. The van der Waals surface area contributed by atoms with Gasteiger partial charge in [0.1, 0.15) is 5.57 Å². The zero-order chi connectivity index (χ0) is 29.8. The third-order valence-corrected chi connectivity index (χ3v) is 5.72. The van der Waals surface area contributed by atoms with Crippen LogP contribution in [0.15, 0.2) is 66.2 Å². The molecule has 1 fully saturated rings. The number of non-ortho nitro benzene ring substituents is 1. The number of imide groups is 2. The fourth-order valence-corrected chi connectivity index (χ4v) is 3.75. The zero-order valence-corrected chi connectivity index (χ0v) is 21.2. The highest BCUT2D eigenvalue weighted by molar-refractivity contribution is 6.39. The average Bonchev–Trinajstić information content (AvgIpc) is 2.95. The Morgan fingerprint density at radius 1 is 0.878 bits per heavy atom. The Balaban J connectivity index is 1.65. The Morgan fingerprint density at radius 3 is 2.17 bits per heavy atom. The van der Waals surface area contributed by atoms with Crippen molar-refractivity contribution in [2.45, 2.75) is 0 Å². The highest BCUT2D eigenvalue weighted by Gasteiger charge is 2.37. The monoisotopic (exact) mass is 562 g/mol. The molecule has 0 unspecified atom stereocenters. The van der Waals surface area contributed by atoms with E-state index in [-0.39, 0.29) is 34.1 Å². The number of esters is 1. The first-order chi connectivity index (χ1) is 19.5. The summed E-state index contributed by atoms with van der Waals surface area (Å²) in [6, 6.07) is 11.4. The first-order valence-corrected chi connectivity index (χ1v) is 11.4. The Bertz CT molecular complexity index is 1650. The zero-order valence-electron chi connectivity index (χ0n) is 21.2. The number of nitro groups is 2. The van der Waals surface area contributed by atoms with Crippen molar-refractivity contribution >= 4 is 47.0 Å². The Kier molecular flexibility index (Phi) is 7.70. The van der Waals surface area contributed by atoms with Crippen LogP contribution in [0, 0.1) is 20.2 Å². The lowest BCUT2D eigenvalue weighted by molar-refractivity contribution is -0.394. The predicted octanol–water partition coefficient (Wildman–Crippen LogP) is 3.76. The van der Waals surface area contributed by atoms with E-state index < -0.39 is 50.6 Å². The highest BCUT2D eigenvalue weighted by atomic mass is 16.6. The number of anilines is 1. The number of hydrogen-bond donors (Lipinski definition) is 1. The lowest BCUT2D eigenvalue weighted by atomic mass is 10.1. The van der Waals surface area contributed by atoms with Crippen LogP contribution in [0.2, 0.25) is 0 Å². The molecule has 3 aromatic carbocycles. The van der Waals surface area contributed by atoms with Crippen LogP contribution in [0.5, 0.6) is 17.2 Å². The van der Waals surface area contributed by atoms with E-state index in [1.165, 1.54) is 62.8 Å². The van der Waals surface area contributed by atoms with Crippen LogP contribution >= 0.6 is 0 Å². The summed E-state index contributed by atoms with van der Waals surface area (Å²) in [5.41, 5.74) is -1.02. The summed E-state index contributed by atoms with van der Waals surface area (Å²) >= 11 is 0. The summed E-state index contributed by atoms with van der Waals surface area (Å²) in [5, 5.41) is 24.5. The lowest BCUT2D eigenvalue weighted by Gasteiger charge is -2.26. The van der Waals surface area contributed by atoms with Gasteiger partial charge in [-0.1, -0.05) is 6.07 Å². The second-order valence-corrected chi connectivity index (χ2v) is 8.17. The lowest BCUT2D eigenvalue weighted by Crippen LogP contribution is -2.54. The van der Waals surface area contributed by atoms with Crippen LogP contribution in [0.3, 0.4) is 0 Å². The molecule has 1 aliphatic heterocycles. The van der Waals surface area contributed by atoms with Crippen molar-refractivity contribution in [3.05, 3.63) is 97.6 Å². The van der Waals surface area contributed by atoms with Gasteiger partial charge in [0, 0.05) is 6.07 Å². The van der Waals surface area contributed by atoms with Crippen molar-refractivity contribution in [3.63, 3.8) is 0 Å². The Hall–Kier alpha value is -6.12. The number of amides is 4. The number of urea groups is 1. The number of methoxy groups -OCH3 is 2. The van der Waals surface area contributed by atoms with Gasteiger partial charge in [-0.3, -0.25) is 35.1 Å². The topological polar surface area (TPSA) is 198 Å². The van der Waals surface area contributed by atoms with Crippen LogP contribution in [0.4, 0.5) is 21.9 Å². The van der Waals surface area contributed by atoms with E-state index in [2.05, 4.69) is 10.1 Å². The van der Waals surface area contributed by atoms with Crippen molar-refractivity contribution in [1.29, 1.82) is 0 Å². The summed E-state index contributed by atoms with van der Waals surface area (Å²) in [7, 11) is 2.48. The molecule has 4 rings (SSSR count). The van der Waals surface area contributed by atoms with Crippen molar-refractivity contribution in [2.75, 3.05) is 19.1 Å². The fraction of sp³-hybridized carbons (Fsp3) is 0.0769. The maximum absolute atomic E-state index is 13.2. The number of ether oxygens (including phenoxy) is 3. The van der Waals surface area contributed by atoms with Crippen molar-refractivity contribution < 1.29 is 43.2 Å². The number of barbiturate groups is 1. The van der Waals surface area contributed by atoms with Crippen molar-refractivity contribution in [3.8, 4) is 17.2 Å². The van der Waals surface area contributed by atoms with Crippen LogP contribution in [-0.2, 0) is 14.3 Å². The molecule has 0 spiro atoms. The summed E-state index contributed by atoms with van der Waals surface area (Å²) in [4.78, 5) is 71.4. The molecule has 0 atom stereocenters. The number of nitro benzene ring substituents is 2. The molecule has 1 saturated heterocycles. The van der Waals surface area contributed by atoms with E-state index in [1.807, 2.05) is 0 Å². The first kappa shape index (κ1) is 27.9. The molecule has 4 amide bonds. The van der Waals surface area contributed by atoms with Gasteiger partial charge in [-0.25, -0.2) is 14.5 Å². The van der Waals surface area contributed by atoms with Gasteiger partial charge in [0.25, 0.3) is 17.5 Å². The minimum absolute atomic E-state index is 0.00600. The van der Waals surface area contributed by atoms with Crippen LogP contribution in [0.25, 0.3) is 6.08 Å². The van der Waals surface area contributed by atoms with E-state index in [1.54, 1.807) is 0 Å². The second-order valence-electron chi connectivity index (χ2n) is 8.17. The second kappa shape index (κ2) is 11.3. The molecule has 1 heterocycles. The number of benzene rings is 3. The van der Waals surface area contributed by atoms with E-state index in [0.717, 1.165) is 23.1 Å². The minimum Gasteiger partial charge on any atom is -0.493 e. The number of nitrogens with zero attached hydrogens (tertiary/aromatic N) is 3. The fourth-order valence-electron chi connectivity index (χ4n) is 3.75. The third-order valence-electron chi connectivity index (χ3n) is 5.72. The molecule has 208 valence electrons. The van der Waals surface area contributed by atoms with E-state index in [0.29, 0.717) is 0 Å². The smallest absolute Gasteiger partial charge is 0.337 e. The van der Waals surface area contributed by atoms with Gasteiger partial charge < -0.3 is 14.2 Å². The van der Waals surface area contributed by atoms with Gasteiger partial charge >= 0.3 is 17.7 Å². The molecule has 41 heavy (non-hydrogen) atoms. The van der Waals surface area contributed by atoms with Gasteiger partial charge in [-0.05, 0) is 54.1 Å². The van der Waals surface area contributed by atoms with Gasteiger partial charge in [-0.2, -0.15) is 0 Å². The predicted molar refractivity (Wildman–Crippen MR) is 140 cm³/mol. The summed E-state index contributed by atoms with van der Waals surface area (Å²) in [5.74, 6) is -2.77. The minimum atomic E-state index is -0.992. The molecule has 1 aliphatic rings. The van der Waals surface area contributed by atoms with E-state index in [9.17, 15) is 39.4 Å². The number of carbonyl (C=O) groups is 4. The normalized spacial score (nSPS) is 14.0. The van der Waals surface area contributed by atoms with Gasteiger partial charge in [-0.15, -0.1) is 0 Å². The molecule has 15 heteroatoms. The molecule has 3 aromatic rings.